The van der Waals surface area contributed by atoms with E-state index >= 15 is 0 Å². The summed E-state index contributed by atoms with van der Waals surface area (Å²) in [5.74, 6) is -0.0398. The number of rotatable bonds is 8. The van der Waals surface area contributed by atoms with Gasteiger partial charge in [-0.25, -0.2) is 0 Å². The number of benzene rings is 2. The van der Waals surface area contributed by atoms with Crippen LogP contribution in [-0.4, -0.2) is 41.0 Å². The van der Waals surface area contributed by atoms with E-state index in [9.17, 15) is 14.7 Å². The zero-order valence-electron chi connectivity index (χ0n) is 19.0. The largest absolute Gasteiger partial charge is 0.507 e. The summed E-state index contributed by atoms with van der Waals surface area (Å²) in [6, 6.07) is 12.0. The van der Waals surface area contributed by atoms with E-state index in [0.29, 0.717) is 30.0 Å². The fourth-order valence-corrected chi connectivity index (χ4v) is 4.44. The van der Waals surface area contributed by atoms with Crippen molar-refractivity contribution in [2.24, 2.45) is 0 Å². The topological polar surface area (TPSA) is 76.1 Å². The molecule has 4 rings (SSSR count). The lowest BCUT2D eigenvalue weighted by atomic mass is 9.94. The van der Waals surface area contributed by atoms with Crippen molar-refractivity contribution in [2.75, 3.05) is 13.2 Å². The molecule has 33 heavy (non-hydrogen) atoms. The molecule has 0 saturated carbocycles. The number of nitrogens with zero attached hydrogens (tertiary/aromatic N) is 1. The maximum absolute atomic E-state index is 13.1. The van der Waals surface area contributed by atoms with Gasteiger partial charge in [-0.2, -0.15) is 0 Å². The van der Waals surface area contributed by atoms with Gasteiger partial charge in [0, 0.05) is 18.5 Å². The Bertz CT molecular complexity index is 1120. The maximum Gasteiger partial charge on any atom is 0.295 e. The molecule has 0 spiro atoms. The average molecular weight is 448 g/mol. The maximum atomic E-state index is 13.1. The van der Waals surface area contributed by atoms with E-state index in [4.69, 9.17) is 9.47 Å². The van der Waals surface area contributed by atoms with Crippen molar-refractivity contribution < 1.29 is 24.2 Å². The zero-order valence-corrected chi connectivity index (χ0v) is 19.0. The van der Waals surface area contributed by atoms with Gasteiger partial charge in [0.05, 0.1) is 11.6 Å². The van der Waals surface area contributed by atoms with Crippen LogP contribution in [0.4, 0.5) is 0 Å². The van der Waals surface area contributed by atoms with Gasteiger partial charge in [-0.05, 0) is 54.8 Å². The van der Waals surface area contributed by atoms with E-state index < -0.39 is 17.7 Å². The highest BCUT2D eigenvalue weighted by molar-refractivity contribution is 6.46. The molecule has 2 atom stereocenters. The number of carbonyl (C=O) groups is 2. The minimum absolute atomic E-state index is 0.0651. The highest BCUT2D eigenvalue weighted by Gasteiger charge is 2.46. The van der Waals surface area contributed by atoms with Crippen LogP contribution in [0, 0.1) is 0 Å². The quantitative estimate of drug-likeness (QED) is 0.272. The van der Waals surface area contributed by atoms with E-state index in [1.807, 2.05) is 44.2 Å². The molecule has 2 aromatic rings. The molecule has 0 bridgehead atoms. The first-order chi connectivity index (χ1) is 15.9. The van der Waals surface area contributed by atoms with E-state index in [-0.39, 0.29) is 17.4 Å². The number of ketones is 1. The summed E-state index contributed by atoms with van der Waals surface area (Å²) in [4.78, 5) is 27.7. The van der Waals surface area contributed by atoms with Crippen molar-refractivity contribution in [1.29, 1.82) is 0 Å². The number of hydrogen-bond donors (Lipinski definition) is 1. The second-order valence-electron chi connectivity index (χ2n) is 8.47. The van der Waals surface area contributed by atoms with Gasteiger partial charge in [0.1, 0.15) is 30.0 Å². The van der Waals surface area contributed by atoms with Crippen LogP contribution in [-0.2, 0) is 16.0 Å². The Morgan fingerprint density at radius 3 is 2.85 bits per heavy atom. The normalized spacial score (nSPS) is 21.1. The Balaban J connectivity index is 1.81. The van der Waals surface area contributed by atoms with Crippen molar-refractivity contribution in [1.82, 2.24) is 4.90 Å². The lowest BCUT2D eigenvalue weighted by molar-refractivity contribution is -0.139. The van der Waals surface area contributed by atoms with Gasteiger partial charge in [0.2, 0.25) is 0 Å². The number of likely N-dealkylation sites (tertiary alicyclic amines) is 1. The minimum atomic E-state index is -0.688. The van der Waals surface area contributed by atoms with Crippen LogP contribution in [0.3, 0.4) is 0 Å². The molecule has 0 aliphatic carbocycles. The van der Waals surface area contributed by atoms with Crippen LogP contribution in [0.15, 0.2) is 60.7 Å². The van der Waals surface area contributed by atoms with Crippen LogP contribution in [0.25, 0.3) is 5.76 Å². The summed E-state index contributed by atoms with van der Waals surface area (Å²) in [5, 5.41) is 11.3. The van der Waals surface area contributed by atoms with Gasteiger partial charge >= 0.3 is 0 Å². The predicted molar refractivity (Wildman–Crippen MR) is 126 cm³/mol. The number of ether oxygens (including phenoxy) is 2. The Hall–Kier alpha value is -3.54. The fourth-order valence-electron chi connectivity index (χ4n) is 4.44. The van der Waals surface area contributed by atoms with Crippen molar-refractivity contribution in [2.45, 2.75) is 45.3 Å². The lowest BCUT2D eigenvalue weighted by Gasteiger charge is -2.25. The fraction of sp³-hybridized carbons (Fsp3) is 0.333. The number of aliphatic hydroxyl groups is 1. The van der Waals surface area contributed by atoms with Crippen LogP contribution < -0.4 is 9.47 Å². The third kappa shape index (κ3) is 4.38. The van der Waals surface area contributed by atoms with E-state index in [1.165, 1.54) is 0 Å². The van der Waals surface area contributed by atoms with Crippen molar-refractivity contribution in [3.8, 4) is 11.5 Å². The molecule has 172 valence electrons. The first-order valence-electron chi connectivity index (χ1n) is 11.4. The number of carbonyl (C=O) groups excluding carboxylic acids is 2. The third-order valence-electron chi connectivity index (χ3n) is 6.00. The van der Waals surface area contributed by atoms with Crippen molar-refractivity contribution in [3.63, 3.8) is 0 Å². The first kappa shape index (κ1) is 22.6. The van der Waals surface area contributed by atoms with Crippen LogP contribution in [0.2, 0.25) is 0 Å². The van der Waals surface area contributed by atoms with E-state index in [1.54, 1.807) is 23.1 Å². The highest BCUT2D eigenvalue weighted by Crippen LogP contribution is 2.41. The van der Waals surface area contributed by atoms with Crippen LogP contribution in [0.5, 0.6) is 11.5 Å². The Kier molecular flexibility index (Phi) is 6.54. The molecule has 6 heteroatoms. The number of Topliss-reactive ketones (excluding diaryl/α,β-unsaturated/α-hetero) is 1. The molecule has 2 heterocycles. The summed E-state index contributed by atoms with van der Waals surface area (Å²) >= 11 is 0. The molecule has 6 nitrogen and oxygen atoms in total. The smallest absolute Gasteiger partial charge is 0.295 e. The summed E-state index contributed by atoms with van der Waals surface area (Å²) in [7, 11) is 0. The zero-order chi connectivity index (χ0) is 23.5. The average Bonchev–Trinajstić information content (AvgIpc) is 3.31. The molecule has 2 aromatic carbocycles. The standard InChI is InChI=1S/C27H29NO5/c1-4-6-12-28-24(18-8-7-9-21(16-18)32-13-5-2)23(26(30)27(28)31)25(29)19-10-11-22-20(15-19)14-17(3)33-22/h5,7-11,15-17,24,29H,2,4,6,12-14H2,1,3H3/b25-23-. The number of hydrogen-bond acceptors (Lipinski definition) is 5. The summed E-state index contributed by atoms with van der Waals surface area (Å²) in [6.07, 6.45) is 4.08. The lowest BCUT2D eigenvalue weighted by Crippen LogP contribution is -2.30. The monoisotopic (exact) mass is 447 g/mol. The van der Waals surface area contributed by atoms with Gasteiger partial charge in [0.25, 0.3) is 11.7 Å². The molecule has 2 unspecified atom stereocenters. The molecular weight excluding hydrogens is 418 g/mol. The Labute approximate surface area is 194 Å². The SMILES string of the molecule is C=CCOc1cccc(C2/C(=C(/O)c3ccc4c(c3)CC(C)O4)C(=O)C(=O)N2CCCC)c1. The predicted octanol–water partition coefficient (Wildman–Crippen LogP) is 4.80. The number of amides is 1. The number of unbranched alkanes of at least 4 members (excludes halogenated alkanes) is 1. The van der Waals surface area contributed by atoms with Crippen LogP contribution in [0.1, 0.15) is 49.4 Å². The molecule has 2 aliphatic heterocycles. The molecule has 1 fully saturated rings. The molecule has 0 aromatic heterocycles. The van der Waals surface area contributed by atoms with E-state index in [0.717, 1.165) is 30.6 Å². The number of aliphatic hydroxyl groups excluding tert-OH is 1. The van der Waals surface area contributed by atoms with Gasteiger partial charge in [-0.3, -0.25) is 9.59 Å². The molecular formula is C27H29NO5. The summed E-state index contributed by atoms with van der Waals surface area (Å²) < 4.78 is 11.4. The highest BCUT2D eigenvalue weighted by atomic mass is 16.5. The Morgan fingerprint density at radius 1 is 1.27 bits per heavy atom. The first-order valence-corrected chi connectivity index (χ1v) is 11.4. The molecule has 1 amide bonds. The van der Waals surface area contributed by atoms with Gasteiger partial charge in [-0.15, -0.1) is 0 Å². The van der Waals surface area contributed by atoms with Gasteiger partial charge < -0.3 is 19.5 Å². The molecule has 1 N–H and O–H groups in total. The molecule has 0 radical (unpaired) electrons. The van der Waals surface area contributed by atoms with Crippen molar-refractivity contribution >= 4 is 17.4 Å². The minimum Gasteiger partial charge on any atom is -0.507 e. The van der Waals surface area contributed by atoms with Gasteiger partial charge in [0.15, 0.2) is 0 Å². The van der Waals surface area contributed by atoms with E-state index in [2.05, 4.69) is 6.58 Å². The van der Waals surface area contributed by atoms with Crippen LogP contribution >= 0.6 is 0 Å². The van der Waals surface area contributed by atoms with Gasteiger partial charge in [-0.1, -0.05) is 38.1 Å². The third-order valence-corrected chi connectivity index (χ3v) is 6.00. The molecule has 2 aliphatic rings. The summed E-state index contributed by atoms with van der Waals surface area (Å²) in [5.41, 5.74) is 2.29. The molecule has 1 saturated heterocycles. The summed E-state index contributed by atoms with van der Waals surface area (Å²) in [6.45, 7) is 8.45. The second-order valence-corrected chi connectivity index (χ2v) is 8.47. The van der Waals surface area contributed by atoms with Crippen molar-refractivity contribution in [3.05, 3.63) is 77.4 Å². The Morgan fingerprint density at radius 2 is 2.09 bits per heavy atom. The number of fused-ring (bicyclic) bond motifs is 1. The second kappa shape index (κ2) is 9.53.